The zero-order valence-corrected chi connectivity index (χ0v) is 13.2. The summed E-state index contributed by atoms with van der Waals surface area (Å²) >= 11 is 0. The van der Waals surface area contributed by atoms with Crippen molar-refractivity contribution in [3.05, 3.63) is 59.7 Å². The first-order valence-corrected chi connectivity index (χ1v) is 7.90. The van der Waals surface area contributed by atoms with Gasteiger partial charge in [0.05, 0.1) is 0 Å². The number of anilines is 1. The summed E-state index contributed by atoms with van der Waals surface area (Å²) in [6.07, 6.45) is 1.32. The number of benzene rings is 2. The van der Waals surface area contributed by atoms with Crippen molar-refractivity contribution in [1.82, 2.24) is 0 Å². The first-order chi connectivity index (χ1) is 11.1. The number of carbonyl (C=O) groups excluding carboxylic acids is 1. The fourth-order valence-electron chi connectivity index (χ4n) is 2.28. The third-order valence-corrected chi connectivity index (χ3v) is 3.94. The Labute approximate surface area is 136 Å². The van der Waals surface area contributed by atoms with Crippen molar-refractivity contribution < 1.29 is 14.6 Å². The van der Waals surface area contributed by atoms with Crippen LogP contribution < -0.4 is 10.1 Å². The molecule has 0 aromatic heterocycles. The molecule has 2 N–H and O–H groups in total. The van der Waals surface area contributed by atoms with E-state index < -0.39 is 6.10 Å². The maximum Gasteiger partial charge on any atom is 0.227 e. The van der Waals surface area contributed by atoms with Gasteiger partial charge in [-0.2, -0.15) is 0 Å². The van der Waals surface area contributed by atoms with E-state index in [4.69, 9.17) is 4.74 Å². The summed E-state index contributed by atoms with van der Waals surface area (Å²) in [6, 6.07) is 15.0. The number of ether oxygens (including phenoxy) is 1. The van der Waals surface area contributed by atoms with Gasteiger partial charge in [-0.3, -0.25) is 4.79 Å². The molecular formula is C19H21NO3. The molecule has 1 amide bonds. The van der Waals surface area contributed by atoms with Crippen molar-refractivity contribution in [2.24, 2.45) is 5.92 Å². The van der Waals surface area contributed by atoms with Gasteiger partial charge in [0, 0.05) is 11.6 Å². The molecule has 2 aromatic carbocycles. The van der Waals surface area contributed by atoms with Gasteiger partial charge in [0.2, 0.25) is 5.91 Å². The second-order valence-corrected chi connectivity index (χ2v) is 6.03. The van der Waals surface area contributed by atoms with Gasteiger partial charge in [0.25, 0.3) is 0 Å². The van der Waals surface area contributed by atoms with Crippen LogP contribution in [0.25, 0.3) is 0 Å². The lowest BCUT2D eigenvalue weighted by Crippen LogP contribution is -2.13. The van der Waals surface area contributed by atoms with Crippen LogP contribution in [0.2, 0.25) is 0 Å². The predicted molar refractivity (Wildman–Crippen MR) is 89.4 cm³/mol. The largest absolute Gasteiger partial charge is 0.491 e. The molecule has 0 spiro atoms. The first kappa shape index (κ1) is 15.6. The highest BCUT2D eigenvalue weighted by Crippen LogP contribution is 2.30. The molecule has 0 saturated heterocycles. The third-order valence-electron chi connectivity index (χ3n) is 3.94. The van der Waals surface area contributed by atoms with E-state index in [1.165, 1.54) is 0 Å². The van der Waals surface area contributed by atoms with Crippen molar-refractivity contribution in [2.45, 2.75) is 25.9 Å². The SMILES string of the molecule is Cc1ccc(C(O)COc2ccc(NC(=O)C3CC3)cc2)cc1. The number of aliphatic hydroxyl groups excluding tert-OH is 1. The van der Waals surface area contributed by atoms with Crippen LogP contribution in [-0.2, 0) is 4.79 Å². The van der Waals surface area contributed by atoms with Gasteiger partial charge in [-0.1, -0.05) is 29.8 Å². The smallest absolute Gasteiger partial charge is 0.227 e. The van der Waals surface area contributed by atoms with Crippen molar-refractivity contribution in [3.63, 3.8) is 0 Å². The summed E-state index contributed by atoms with van der Waals surface area (Å²) < 4.78 is 5.61. The van der Waals surface area contributed by atoms with Crippen LogP contribution in [0, 0.1) is 12.8 Å². The van der Waals surface area contributed by atoms with Gasteiger partial charge in [-0.15, -0.1) is 0 Å². The van der Waals surface area contributed by atoms with E-state index in [1.54, 1.807) is 12.1 Å². The van der Waals surface area contributed by atoms with Crippen molar-refractivity contribution in [1.29, 1.82) is 0 Å². The van der Waals surface area contributed by atoms with Gasteiger partial charge in [-0.05, 0) is 49.6 Å². The zero-order valence-electron chi connectivity index (χ0n) is 13.2. The molecule has 120 valence electrons. The van der Waals surface area contributed by atoms with E-state index >= 15 is 0 Å². The Bertz CT molecular complexity index is 660. The molecule has 0 radical (unpaired) electrons. The number of hydrogen-bond donors (Lipinski definition) is 2. The van der Waals surface area contributed by atoms with E-state index in [0.717, 1.165) is 29.7 Å². The highest BCUT2D eigenvalue weighted by molar-refractivity contribution is 5.94. The van der Waals surface area contributed by atoms with E-state index in [-0.39, 0.29) is 18.4 Å². The summed E-state index contributed by atoms with van der Waals surface area (Å²) in [5.74, 6) is 0.949. The number of hydrogen-bond acceptors (Lipinski definition) is 3. The van der Waals surface area contributed by atoms with Crippen molar-refractivity contribution >= 4 is 11.6 Å². The molecule has 1 atom stereocenters. The summed E-state index contributed by atoms with van der Waals surface area (Å²) in [5, 5.41) is 13.0. The topological polar surface area (TPSA) is 58.6 Å². The summed E-state index contributed by atoms with van der Waals surface area (Å²) in [7, 11) is 0. The second-order valence-electron chi connectivity index (χ2n) is 6.03. The molecule has 1 fully saturated rings. The molecule has 4 nitrogen and oxygen atoms in total. The summed E-state index contributed by atoms with van der Waals surface area (Å²) in [6.45, 7) is 2.20. The van der Waals surface area contributed by atoms with Crippen LogP contribution >= 0.6 is 0 Å². The Morgan fingerprint density at radius 2 is 1.83 bits per heavy atom. The van der Waals surface area contributed by atoms with Crippen LogP contribution in [0.1, 0.15) is 30.1 Å². The molecule has 23 heavy (non-hydrogen) atoms. The number of aryl methyl sites for hydroxylation is 1. The van der Waals surface area contributed by atoms with Crippen molar-refractivity contribution in [2.75, 3.05) is 11.9 Å². The van der Waals surface area contributed by atoms with E-state index in [1.807, 2.05) is 43.3 Å². The van der Waals surface area contributed by atoms with Crippen LogP contribution in [-0.4, -0.2) is 17.6 Å². The van der Waals surface area contributed by atoms with Gasteiger partial charge in [-0.25, -0.2) is 0 Å². The molecule has 2 aromatic rings. The normalized spacial score (nSPS) is 15.0. The predicted octanol–water partition coefficient (Wildman–Crippen LogP) is 3.46. The van der Waals surface area contributed by atoms with Crippen LogP contribution in [0.3, 0.4) is 0 Å². The Kier molecular flexibility index (Phi) is 4.63. The molecule has 1 saturated carbocycles. The summed E-state index contributed by atoms with van der Waals surface area (Å²) in [5.41, 5.74) is 2.77. The molecule has 3 rings (SSSR count). The minimum atomic E-state index is -0.662. The van der Waals surface area contributed by atoms with Gasteiger partial charge in [0.15, 0.2) is 0 Å². The number of carbonyl (C=O) groups is 1. The minimum absolute atomic E-state index is 0.0912. The third kappa shape index (κ3) is 4.33. The fourth-order valence-corrected chi connectivity index (χ4v) is 2.28. The molecule has 1 aliphatic rings. The number of aliphatic hydroxyl groups is 1. The maximum atomic E-state index is 11.7. The number of amides is 1. The van der Waals surface area contributed by atoms with Crippen molar-refractivity contribution in [3.8, 4) is 5.75 Å². The fraction of sp³-hybridized carbons (Fsp3) is 0.316. The number of rotatable bonds is 6. The van der Waals surface area contributed by atoms with E-state index in [9.17, 15) is 9.90 Å². The molecular weight excluding hydrogens is 290 g/mol. The highest BCUT2D eigenvalue weighted by atomic mass is 16.5. The molecule has 0 heterocycles. The Hall–Kier alpha value is -2.33. The van der Waals surface area contributed by atoms with E-state index in [0.29, 0.717) is 5.75 Å². The molecule has 1 unspecified atom stereocenters. The monoisotopic (exact) mass is 311 g/mol. The van der Waals surface area contributed by atoms with E-state index in [2.05, 4.69) is 5.32 Å². The van der Waals surface area contributed by atoms with Gasteiger partial charge in [0.1, 0.15) is 18.5 Å². The lowest BCUT2D eigenvalue weighted by molar-refractivity contribution is -0.117. The zero-order chi connectivity index (χ0) is 16.2. The second kappa shape index (κ2) is 6.84. The Morgan fingerprint density at radius 3 is 2.43 bits per heavy atom. The highest BCUT2D eigenvalue weighted by Gasteiger charge is 2.29. The number of nitrogens with one attached hydrogen (secondary N) is 1. The quantitative estimate of drug-likeness (QED) is 0.859. The molecule has 0 aliphatic heterocycles. The Morgan fingerprint density at radius 1 is 1.17 bits per heavy atom. The van der Waals surface area contributed by atoms with Gasteiger partial charge >= 0.3 is 0 Å². The molecule has 4 heteroatoms. The average Bonchev–Trinajstić information content (AvgIpc) is 3.39. The molecule has 1 aliphatic carbocycles. The summed E-state index contributed by atoms with van der Waals surface area (Å²) in [4.78, 5) is 11.7. The molecule has 0 bridgehead atoms. The van der Waals surface area contributed by atoms with Crippen LogP contribution in [0.5, 0.6) is 5.75 Å². The Balaban J connectivity index is 1.51. The maximum absolute atomic E-state index is 11.7. The van der Waals surface area contributed by atoms with Gasteiger partial charge < -0.3 is 15.2 Å². The van der Waals surface area contributed by atoms with Crippen LogP contribution in [0.15, 0.2) is 48.5 Å². The van der Waals surface area contributed by atoms with Crippen LogP contribution in [0.4, 0.5) is 5.69 Å². The lowest BCUT2D eigenvalue weighted by Gasteiger charge is -2.13. The first-order valence-electron chi connectivity index (χ1n) is 7.90. The lowest BCUT2D eigenvalue weighted by atomic mass is 10.1. The average molecular weight is 311 g/mol. The standard InChI is InChI=1S/C19H21NO3/c1-13-2-4-14(5-3-13)18(21)12-23-17-10-8-16(9-11-17)20-19(22)15-6-7-15/h2-5,8-11,15,18,21H,6-7,12H2,1H3,(H,20,22). The minimum Gasteiger partial charge on any atom is -0.491 e.